The SMILES string of the molecule is CCCC1CC1NCC(O)COc1cnsn1. The van der Waals surface area contributed by atoms with Crippen LogP contribution in [0.25, 0.3) is 0 Å². The molecule has 2 rings (SSSR count). The Bertz CT molecular complexity index is 321. The monoisotopic (exact) mass is 257 g/mol. The minimum Gasteiger partial charge on any atom is -0.473 e. The van der Waals surface area contributed by atoms with Crippen LogP contribution in [-0.2, 0) is 0 Å². The summed E-state index contributed by atoms with van der Waals surface area (Å²) in [6.45, 7) is 3.06. The first-order chi connectivity index (χ1) is 8.29. The maximum atomic E-state index is 9.71. The topological polar surface area (TPSA) is 67.3 Å². The molecule has 1 heterocycles. The van der Waals surface area contributed by atoms with Crippen molar-refractivity contribution in [3.63, 3.8) is 0 Å². The third-order valence-electron chi connectivity index (χ3n) is 2.96. The fourth-order valence-corrected chi connectivity index (χ4v) is 2.30. The van der Waals surface area contributed by atoms with E-state index < -0.39 is 6.10 Å². The van der Waals surface area contributed by atoms with Crippen molar-refractivity contribution in [1.29, 1.82) is 0 Å². The molecule has 17 heavy (non-hydrogen) atoms. The summed E-state index contributed by atoms with van der Waals surface area (Å²) in [5.41, 5.74) is 0. The van der Waals surface area contributed by atoms with Crippen molar-refractivity contribution in [3.8, 4) is 5.88 Å². The van der Waals surface area contributed by atoms with Gasteiger partial charge in [0.15, 0.2) is 0 Å². The number of aliphatic hydroxyl groups excluding tert-OH is 1. The third-order valence-corrected chi connectivity index (χ3v) is 3.42. The van der Waals surface area contributed by atoms with Crippen LogP contribution >= 0.6 is 11.7 Å². The lowest BCUT2D eigenvalue weighted by atomic mass is 10.2. The maximum absolute atomic E-state index is 9.71. The van der Waals surface area contributed by atoms with Gasteiger partial charge in [-0.2, -0.15) is 4.37 Å². The predicted octanol–water partition coefficient (Wildman–Crippen LogP) is 1.06. The van der Waals surface area contributed by atoms with E-state index in [0.717, 1.165) is 17.6 Å². The van der Waals surface area contributed by atoms with Gasteiger partial charge in [0.1, 0.15) is 18.9 Å². The third kappa shape index (κ3) is 4.22. The van der Waals surface area contributed by atoms with Gasteiger partial charge in [0.2, 0.25) is 5.88 Å². The fourth-order valence-electron chi connectivity index (χ4n) is 1.93. The molecule has 3 unspecified atom stereocenters. The molecule has 96 valence electrons. The quantitative estimate of drug-likeness (QED) is 0.729. The van der Waals surface area contributed by atoms with E-state index in [1.54, 1.807) is 6.20 Å². The van der Waals surface area contributed by atoms with Gasteiger partial charge in [0, 0.05) is 12.6 Å². The number of nitrogens with one attached hydrogen (secondary N) is 1. The second-order valence-electron chi connectivity index (χ2n) is 4.51. The summed E-state index contributed by atoms with van der Waals surface area (Å²) in [6.07, 6.45) is 4.85. The number of hydrogen-bond acceptors (Lipinski definition) is 6. The van der Waals surface area contributed by atoms with Gasteiger partial charge in [0.25, 0.3) is 0 Å². The molecule has 1 aliphatic rings. The zero-order valence-corrected chi connectivity index (χ0v) is 10.8. The molecule has 1 aliphatic carbocycles. The Labute approximate surface area is 106 Å². The fraction of sp³-hybridized carbons (Fsp3) is 0.818. The van der Waals surface area contributed by atoms with E-state index in [1.165, 1.54) is 19.3 Å². The highest BCUT2D eigenvalue weighted by Crippen LogP contribution is 2.34. The maximum Gasteiger partial charge on any atom is 0.245 e. The normalized spacial score (nSPS) is 24.6. The Morgan fingerprint density at radius 2 is 2.59 bits per heavy atom. The number of aliphatic hydroxyl groups is 1. The summed E-state index contributed by atoms with van der Waals surface area (Å²) >= 11 is 1.10. The average Bonchev–Trinajstić information content (AvgIpc) is 2.86. The first-order valence-electron chi connectivity index (χ1n) is 6.11. The van der Waals surface area contributed by atoms with Crippen LogP contribution in [0.3, 0.4) is 0 Å². The largest absolute Gasteiger partial charge is 0.473 e. The van der Waals surface area contributed by atoms with E-state index in [-0.39, 0.29) is 6.61 Å². The molecule has 1 aromatic heterocycles. The van der Waals surface area contributed by atoms with Crippen LogP contribution in [0.15, 0.2) is 6.20 Å². The summed E-state index contributed by atoms with van der Waals surface area (Å²) in [6, 6.07) is 0.602. The number of aromatic nitrogens is 2. The van der Waals surface area contributed by atoms with Crippen LogP contribution in [0.5, 0.6) is 5.88 Å². The van der Waals surface area contributed by atoms with E-state index in [1.807, 2.05) is 0 Å². The van der Waals surface area contributed by atoms with Crippen molar-refractivity contribution in [2.45, 2.75) is 38.3 Å². The van der Waals surface area contributed by atoms with Gasteiger partial charge < -0.3 is 15.2 Å². The molecule has 1 saturated carbocycles. The highest BCUT2D eigenvalue weighted by Gasteiger charge is 2.35. The molecule has 0 amide bonds. The molecule has 1 fully saturated rings. The lowest BCUT2D eigenvalue weighted by molar-refractivity contribution is 0.104. The van der Waals surface area contributed by atoms with Crippen molar-refractivity contribution in [2.75, 3.05) is 13.2 Å². The van der Waals surface area contributed by atoms with E-state index in [2.05, 4.69) is 21.0 Å². The van der Waals surface area contributed by atoms with Crippen LogP contribution < -0.4 is 10.1 Å². The smallest absolute Gasteiger partial charge is 0.245 e. The number of rotatable bonds is 8. The molecule has 0 aromatic carbocycles. The van der Waals surface area contributed by atoms with E-state index >= 15 is 0 Å². The summed E-state index contributed by atoms with van der Waals surface area (Å²) < 4.78 is 13.0. The van der Waals surface area contributed by atoms with Crippen LogP contribution in [0.2, 0.25) is 0 Å². The van der Waals surface area contributed by atoms with Gasteiger partial charge in [-0.25, -0.2) is 0 Å². The van der Waals surface area contributed by atoms with Gasteiger partial charge in [-0.3, -0.25) is 0 Å². The van der Waals surface area contributed by atoms with Gasteiger partial charge in [-0.15, -0.1) is 4.37 Å². The Balaban J connectivity index is 1.54. The Hall–Kier alpha value is -0.720. The molecule has 2 N–H and O–H groups in total. The van der Waals surface area contributed by atoms with Crippen molar-refractivity contribution < 1.29 is 9.84 Å². The summed E-state index contributed by atoms with van der Waals surface area (Å²) in [4.78, 5) is 0. The summed E-state index contributed by atoms with van der Waals surface area (Å²) in [5, 5.41) is 13.1. The predicted molar refractivity (Wildman–Crippen MR) is 66.2 cm³/mol. The van der Waals surface area contributed by atoms with Crippen LogP contribution in [0.4, 0.5) is 0 Å². The van der Waals surface area contributed by atoms with Crippen molar-refractivity contribution in [1.82, 2.24) is 14.1 Å². The standard InChI is InChI=1S/C11H19N3O2S/c1-2-3-8-4-10(8)12-5-9(15)7-16-11-6-13-17-14-11/h6,8-10,12,15H,2-5,7H2,1H3. The van der Waals surface area contributed by atoms with Gasteiger partial charge in [0.05, 0.1) is 11.7 Å². The van der Waals surface area contributed by atoms with Gasteiger partial charge >= 0.3 is 0 Å². The molecule has 0 bridgehead atoms. The van der Waals surface area contributed by atoms with Crippen molar-refractivity contribution in [2.24, 2.45) is 5.92 Å². The second-order valence-corrected chi connectivity index (χ2v) is 5.07. The average molecular weight is 257 g/mol. The second kappa shape index (κ2) is 6.28. The van der Waals surface area contributed by atoms with Crippen molar-refractivity contribution >= 4 is 11.7 Å². The first-order valence-corrected chi connectivity index (χ1v) is 6.84. The number of nitrogens with zero attached hydrogens (tertiary/aromatic N) is 2. The molecule has 0 aliphatic heterocycles. The summed E-state index contributed by atoms with van der Waals surface area (Å²) in [7, 11) is 0. The molecule has 0 spiro atoms. The number of hydrogen-bond donors (Lipinski definition) is 2. The first kappa shape index (κ1) is 12.7. The highest BCUT2D eigenvalue weighted by molar-refractivity contribution is 6.99. The molecule has 6 heteroatoms. The van der Waals surface area contributed by atoms with E-state index in [4.69, 9.17) is 4.74 Å². The van der Waals surface area contributed by atoms with Crippen LogP contribution in [0.1, 0.15) is 26.2 Å². The van der Waals surface area contributed by atoms with Gasteiger partial charge in [-0.05, 0) is 18.8 Å². The molecule has 1 aromatic rings. The number of ether oxygens (including phenoxy) is 1. The Morgan fingerprint density at radius 3 is 3.29 bits per heavy atom. The zero-order valence-electron chi connectivity index (χ0n) is 10.0. The van der Waals surface area contributed by atoms with E-state index in [9.17, 15) is 5.11 Å². The summed E-state index contributed by atoms with van der Waals surface area (Å²) in [5.74, 6) is 1.31. The van der Waals surface area contributed by atoms with Gasteiger partial charge in [-0.1, -0.05) is 13.3 Å². The highest BCUT2D eigenvalue weighted by atomic mass is 32.1. The molecule has 0 saturated heterocycles. The molecule has 0 radical (unpaired) electrons. The van der Waals surface area contributed by atoms with Crippen LogP contribution in [-0.4, -0.2) is 39.2 Å². The van der Waals surface area contributed by atoms with Crippen LogP contribution in [0, 0.1) is 5.92 Å². The molecule has 3 atom stereocenters. The van der Waals surface area contributed by atoms with Crippen molar-refractivity contribution in [3.05, 3.63) is 6.20 Å². The molecular weight excluding hydrogens is 238 g/mol. The Morgan fingerprint density at radius 1 is 1.71 bits per heavy atom. The zero-order chi connectivity index (χ0) is 12.1. The Kier molecular flexibility index (Phi) is 4.70. The van der Waals surface area contributed by atoms with E-state index in [0.29, 0.717) is 18.5 Å². The lowest BCUT2D eigenvalue weighted by Crippen LogP contribution is -2.33. The lowest BCUT2D eigenvalue weighted by Gasteiger charge is -2.11. The molecule has 5 nitrogen and oxygen atoms in total. The minimum atomic E-state index is -0.487. The molecular formula is C11H19N3O2S. The minimum absolute atomic E-state index is 0.267.